The van der Waals surface area contributed by atoms with Crippen LogP contribution in [0.25, 0.3) is 0 Å². The monoisotopic (exact) mass is 264 g/mol. The molecular weight excluding hydrogens is 239 g/mol. The van der Waals surface area contributed by atoms with Crippen molar-refractivity contribution in [2.75, 3.05) is 18.0 Å². The molecule has 1 heterocycles. The SMILES string of the molecule is C[C@@H](N)c1c(F)cccc1N1CCCC(C)(C)CC1. The van der Waals surface area contributed by atoms with E-state index in [0.717, 1.165) is 31.6 Å². The van der Waals surface area contributed by atoms with E-state index in [2.05, 4.69) is 18.7 Å². The predicted molar refractivity (Wildman–Crippen MR) is 78.8 cm³/mol. The number of hydrogen-bond donors (Lipinski definition) is 1. The molecule has 1 aromatic carbocycles. The van der Waals surface area contributed by atoms with E-state index >= 15 is 0 Å². The van der Waals surface area contributed by atoms with Gasteiger partial charge < -0.3 is 10.6 Å². The fraction of sp³-hybridized carbons (Fsp3) is 0.625. The minimum Gasteiger partial charge on any atom is -0.371 e. The fourth-order valence-electron chi connectivity index (χ4n) is 2.92. The van der Waals surface area contributed by atoms with Crippen molar-refractivity contribution >= 4 is 5.69 Å². The first kappa shape index (κ1) is 14.3. The van der Waals surface area contributed by atoms with Gasteiger partial charge in [0.25, 0.3) is 0 Å². The van der Waals surface area contributed by atoms with Gasteiger partial charge in [-0.15, -0.1) is 0 Å². The second-order valence-electron chi connectivity index (χ2n) is 6.47. The van der Waals surface area contributed by atoms with Crippen LogP contribution in [0, 0.1) is 11.2 Å². The number of nitrogens with zero attached hydrogens (tertiary/aromatic N) is 1. The lowest BCUT2D eigenvalue weighted by Gasteiger charge is -2.28. The van der Waals surface area contributed by atoms with Crippen LogP contribution < -0.4 is 10.6 Å². The third-order valence-electron chi connectivity index (χ3n) is 4.17. The molecule has 0 aromatic heterocycles. The molecule has 0 amide bonds. The summed E-state index contributed by atoms with van der Waals surface area (Å²) in [6.45, 7) is 8.45. The average molecular weight is 264 g/mol. The highest BCUT2D eigenvalue weighted by Gasteiger charge is 2.25. The molecule has 0 unspecified atom stereocenters. The summed E-state index contributed by atoms with van der Waals surface area (Å²) >= 11 is 0. The summed E-state index contributed by atoms with van der Waals surface area (Å²) in [6.07, 6.45) is 3.52. The van der Waals surface area contributed by atoms with Crippen LogP contribution in [0.1, 0.15) is 51.6 Å². The summed E-state index contributed by atoms with van der Waals surface area (Å²) in [4.78, 5) is 2.30. The molecule has 3 heteroatoms. The van der Waals surface area contributed by atoms with Gasteiger partial charge in [-0.3, -0.25) is 0 Å². The molecule has 0 aliphatic carbocycles. The summed E-state index contributed by atoms with van der Waals surface area (Å²) in [5, 5.41) is 0. The Kier molecular flexibility index (Phi) is 4.14. The van der Waals surface area contributed by atoms with Crippen LogP contribution in [-0.4, -0.2) is 13.1 Å². The quantitative estimate of drug-likeness (QED) is 0.878. The third kappa shape index (κ3) is 3.27. The number of benzene rings is 1. The highest BCUT2D eigenvalue weighted by molar-refractivity contribution is 5.55. The zero-order valence-corrected chi connectivity index (χ0v) is 12.2. The largest absolute Gasteiger partial charge is 0.371 e. The summed E-state index contributed by atoms with van der Waals surface area (Å²) in [5.41, 5.74) is 7.97. The Balaban J connectivity index is 2.29. The van der Waals surface area contributed by atoms with Crippen molar-refractivity contribution in [2.45, 2.75) is 46.1 Å². The van der Waals surface area contributed by atoms with Gasteiger partial charge in [0, 0.05) is 30.4 Å². The Morgan fingerprint density at radius 2 is 2.00 bits per heavy atom. The molecule has 2 nitrogen and oxygen atoms in total. The molecule has 2 N–H and O–H groups in total. The van der Waals surface area contributed by atoms with Gasteiger partial charge in [0.15, 0.2) is 0 Å². The van der Waals surface area contributed by atoms with Crippen LogP contribution in [0.4, 0.5) is 10.1 Å². The van der Waals surface area contributed by atoms with Crippen LogP contribution in [0.15, 0.2) is 18.2 Å². The minimum absolute atomic E-state index is 0.184. The number of halogens is 1. The minimum atomic E-state index is -0.271. The van der Waals surface area contributed by atoms with Gasteiger partial charge in [0.1, 0.15) is 5.82 Å². The van der Waals surface area contributed by atoms with Crippen molar-refractivity contribution in [1.29, 1.82) is 0 Å². The van der Waals surface area contributed by atoms with Crippen molar-refractivity contribution in [2.24, 2.45) is 11.1 Å². The lowest BCUT2D eigenvalue weighted by molar-refractivity contribution is 0.325. The van der Waals surface area contributed by atoms with E-state index in [1.54, 1.807) is 6.07 Å². The van der Waals surface area contributed by atoms with E-state index in [-0.39, 0.29) is 11.9 Å². The van der Waals surface area contributed by atoms with E-state index in [0.29, 0.717) is 11.0 Å². The van der Waals surface area contributed by atoms with E-state index < -0.39 is 0 Å². The van der Waals surface area contributed by atoms with E-state index in [1.165, 1.54) is 12.5 Å². The van der Waals surface area contributed by atoms with Gasteiger partial charge in [-0.05, 0) is 43.7 Å². The number of nitrogens with two attached hydrogens (primary N) is 1. The van der Waals surface area contributed by atoms with Gasteiger partial charge in [-0.1, -0.05) is 19.9 Å². The maximum atomic E-state index is 14.0. The lowest BCUT2D eigenvalue weighted by Crippen LogP contribution is -2.27. The molecular formula is C16H25FN2. The molecule has 0 saturated carbocycles. The standard InChI is InChI=1S/C16H25FN2/c1-12(18)15-13(17)6-4-7-14(15)19-10-5-8-16(2,3)9-11-19/h4,6-7,12H,5,8-11,18H2,1-3H3/t12-/m1/s1. The van der Waals surface area contributed by atoms with Gasteiger partial charge >= 0.3 is 0 Å². The Hall–Kier alpha value is -1.09. The molecule has 0 radical (unpaired) electrons. The summed E-state index contributed by atoms with van der Waals surface area (Å²) in [6, 6.07) is 5.02. The fourth-order valence-corrected chi connectivity index (χ4v) is 2.92. The second kappa shape index (κ2) is 5.49. The summed E-state index contributed by atoms with van der Waals surface area (Å²) in [7, 11) is 0. The smallest absolute Gasteiger partial charge is 0.130 e. The topological polar surface area (TPSA) is 29.3 Å². The van der Waals surface area contributed by atoms with Crippen molar-refractivity contribution in [1.82, 2.24) is 0 Å². The molecule has 1 fully saturated rings. The van der Waals surface area contributed by atoms with Gasteiger partial charge in [0.05, 0.1) is 0 Å². The summed E-state index contributed by atoms with van der Waals surface area (Å²) in [5.74, 6) is -0.184. The second-order valence-corrected chi connectivity index (χ2v) is 6.47. The van der Waals surface area contributed by atoms with Crippen LogP contribution in [0.2, 0.25) is 0 Å². The Morgan fingerprint density at radius 3 is 2.68 bits per heavy atom. The average Bonchev–Trinajstić information content (AvgIpc) is 2.49. The molecule has 1 aliphatic heterocycles. The van der Waals surface area contributed by atoms with E-state index in [4.69, 9.17) is 5.73 Å². The van der Waals surface area contributed by atoms with E-state index in [1.807, 2.05) is 13.0 Å². The Morgan fingerprint density at radius 1 is 1.26 bits per heavy atom. The molecule has 1 saturated heterocycles. The Bertz CT molecular complexity index is 440. The maximum absolute atomic E-state index is 14.0. The zero-order valence-electron chi connectivity index (χ0n) is 12.2. The first-order valence-electron chi connectivity index (χ1n) is 7.20. The highest BCUT2D eigenvalue weighted by atomic mass is 19.1. The molecule has 1 aromatic rings. The predicted octanol–water partition coefficient (Wildman–Crippen LogP) is 3.86. The molecule has 1 aliphatic rings. The molecule has 1 atom stereocenters. The zero-order chi connectivity index (χ0) is 14.0. The van der Waals surface area contributed by atoms with Crippen molar-refractivity contribution in [3.05, 3.63) is 29.6 Å². The van der Waals surface area contributed by atoms with Crippen molar-refractivity contribution < 1.29 is 4.39 Å². The van der Waals surface area contributed by atoms with Crippen LogP contribution >= 0.6 is 0 Å². The summed E-state index contributed by atoms with van der Waals surface area (Å²) < 4.78 is 14.0. The first-order valence-corrected chi connectivity index (χ1v) is 7.20. The van der Waals surface area contributed by atoms with Gasteiger partial charge in [0.2, 0.25) is 0 Å². The molecule has 0 spiro atoms. The van der Waals surface area contributed by atoms with Gasteiger partial charge in [-0.2, -0.15) is 0 Å². The van der Waals surface area contributed by atoms with Crippen molar-refractivity contribution in [3.63, 3.8) is 0 Å². The van der Waals surface area contributed by atoms with Crippen LogP contribution in [0.3, 0.4) is 0 Å². The maximum Gasteiger partial charge on any atom is 0.130 e. The van der Waals surface area contributed by atoms with Crippen LogP contribution in [0.5, 0.6) is 0 Å². The van der Waals surface area contributed by atoms with Crippen LogP contribution in [-0.2, 0) is 0 Å². The van der Waals surface area contributed by atoms with Crippen molar-refractivity contribution in [3.8, 4) is 0 Å². The van der Waals surface area contributed by atoms with Gasteiger partial charge in [-0.25, -0.2) is 4.39 Å². The molecule has 0 bridgehead atoms. The Labute approximate surface area is 115 Å². The number of anilines is 1. The molecule has 2 rings (SSSR count). The normalized spacial score (nSPS) is 21.0. The van der Waals surface area contributed by atoms with E-state index in [9.17, 15) is 4.39 Å². The molecule has 19 heavy (non-hydrogen) atoms. The third-order valence-corrected chi connectivity index (χ3v) is 4.17. The number of hydrogen-bond acceptors (Lipinski definition) is 2. The number of rotatable bonds is 2. The lowest BCUT2D eigenvalue weighted by atomic mass is 9.85. The highest BCUT2D eigenvalue weighted by Crippen LogP contribution is 2.34. The first-order chi connectivity index (χ1) is 8.91. The molecule has 106 valence electrons.